The van der Waals surface area contributed by atoms with Crippen molar-refractivity contribution in [2.75, 3.05) is 0 Å². The van der Waals surface area contributed by atoms with Gasteiger partial charge in [-0.1, -0.05) is 12.1 Å². The number of carbonyl (C=O) groups is 1. The van der Waals surface area contributed by atoms with Crippen molar-refractivity contribution in [1.82, 2.24) is 4.98 Å². The second-order valence-electron chi connectivity index (χ2n) is 3.61. The summed E-state index contributed by atoms with van der Waals surface area (Å²) in [6.45, 7) is 0. The van der Waals surface area contributed by atoms with Crippen molar-refractivity contribution >= 4 is 33.7 Å². The molecule has 0 fully saturated rings. The number of aromatic carboxylic acids is 1. The van der Waals surface area contributed by atoms with Crippen LogP contribution in [0.2, 0.25) is 0 Å². The van der Waals surface area contributed by atoms with E-state index in [-0.39, 0.29) is 0 Å². The Kier molecular flexibility index (Phi) is 4.38. The first-order valence-electron chi connectivity index (χ1n) is 5.22. The molecule has 2 aromatic rings. The maximum atomic E-state index is 10.8. The molecule has 18 heavy (non-hydrogen) atoms. The predicted molar refractivity (Wildman–Crippen MR) is 74.9 cm³/mol. The van der Waals surface area contributed by atoms with Crippen molar-refractivity contribution < 1.29 is 9.90 Å². The van der Waals surface area contributed by atoms with Gasteiger partial charge in [0.05, 0.1) is 10.6 Å². The molecule has 2 rings (SSSR count). The molecule has 1 aromatic heterocycles. The number of nitrogens with zero attached hydrogens (tertiary/aromatic N) is 1. The maximum absolute atomic E-state index is 10.8. The average molecular weight is 324 g/mol. The van der Waals surface area contributed by atoms with Crippen LogP contribution in [0, 0.1) is 0 Å². The van der Waals surface area contributed by atoms with Gasteiger partial charge in [-0.3, -0.25) is 0 Å². The van der Waals surface area contributed by atoms with Crippen LogP contribution < -0.4 is 0 Å². The number of benzene rings is 1. The number of thioether (sulfide) groups is 1. The lowest BCUT2D eigenvalue weighted by Gasteiger charge is -2.02. The minimum absolute atomic E-state index is 0.317. The molecule has 0 saturated carbocycles. The largest absolute Gasteiger partial charge is 0.478 e. The first kappa shape index (κ1) is 13.1. The first-order valence-corrected chi connectivity index (χ1v) is 6.99. The second kappa shape index (κ2) is 6.02. The molecule has 0 amide bonds. The highest BCUT2D eigenvalue weighted by Crippen LogP contribution is 2.22. The average Bonchev–Trinajstić information content (AvgIpc) is 2.38. The number of halogens is 1. The van der Waals surface area contributed by atoms with E-state index in [1.807, 2.05) is 18.2 Å². The summed E-state index contributed by atoms with van der Waals surface area (Å²) in [5.74, 6) is -0.195. The van der Waals surface area contributed by atoms with Crippen LogP contribution in [0.1, 0.15) is 15.9 Å². The maximum Gasteiger partial charge on any atom is 0.335 e. The zero-order valence-electron chi connectivity index (χ0n) is 9.34. The number of carboxylic acid groups (broad SMARTS) is 1. The molecule has 5 heteroatoms. The molecule has 1 aromatic carbocycles. The molecule has 3 nitrogen and oxygen atoms in total. The number of aromatic nitrogens is 1. The van der Waals surface area contributed by atoms with Gasteiger partial charge in [0.25, 0.3) is 0 Å². The molecule has 0 bridgehead atoms. The van der Waals surface area contributed by atoms with E-state index in [1.165, 1.54) is 0 Å². The molecule has 0 aliphatic heterocycles. The fourth-order valence-corrected chi connectivity index (χ4v) is 2.42. The van der Waals surface area contributed by atoms with E-state index in [0.29, 0.717) is 11.3 Å². The van der Waals surface area contributed by atoms with Gasteiger partial charge in [-0.15, -0.1) is 11.8 Å². The third-order valence-corrected chi connectivity index (χ3v) is 3.74. The van der Waals surface area contributed by atoms with Crippen LogP contribution in [-0.2, 0) is 5.75 Å². The standard InChI is InChI=1S/C13H10BrNO2S/c14-11-4-5-12(15-7-11)18-8-9-2-1-3-10(6-9)13(16)17/h1-7H,8H2,(H,16,17). The summed E-state index contributed by atoms with van der Waals surface area (Å²) in [6, 6.07) is 10.8. The van der Waals surface area contributed by atoms with Gasteiger partial charge in [0.15, 0.2) is 0 Å². The van der Waals surface area contributed by atoms with Gasteiger partial charge in [-0.25, -0.2) is 9.78 Å². The normalized spacial score (nSPS) is 10.3. The van der Waals surface area contributed by atoms with Gasteiger partial charge in [0.2, 0.25) is 0 Å². The van der Waals surface area contributed by atoms with Gasteiger partial charge in [-0.2, -0.15) is 0 Å². The summed E-state index contributed by atoms with van der Waals surface area (Å²) in [5, 5.41) is 9.82. The van der Waals surface area contributed by atoms with E-state index in [9.17, 15) is 4.79 Å². The zero-order valence-corrected chi connectivity index (χ0v) is 11.7. The van der Waals surface area contributed by atoms with Crippen LogP contribution in [0.5, 0.6) is 0 Å². The van der Waals surface area contributed by atoms with Crippen LogP contribution in [0.4, 0.5) is 0 Å². The Balaban J connectivity index is 2.04. The number of hydrogen-bond acceptors (Lipinski definition) is 3. The summed E-state index contributed by atoms with van der Waals surface area (Å²) in [7, 11) is 0. The van der Waals surface area contributed by atoms with E-state index in [1.54, 1.807) is 36.2 Å². The molecule has 0 unspecified atom stereocenters. The Bertz CT molecular complexity index is 557. The van der Waals surface area contributed by atoms with Crippen LogP contribution in [0.25, 0.3) is 0 Å². The quantitative estimate of drug-likeness (QED) is 0.868. The smallest absolute Gasteiger partial charge is 0.335 e. The number of carboxylic acids is 1. The van der Waals surface area contributed by atoms with E-state index in [4.69, 9.17) is 5.11 Å². The Morgan fingerprint density at radius 2 is 2.17 bits per heavy atom. The predicted octanol–water partition coefficient (Wildman–Crippen LogP) is 3.83. The van der Waals surface area contributed by atoms with Crippen LogP contribution >= 0.6 is 27.7 Å². The second-order valence-corrected chi connectivity index (χ2v) is 5.52. The number of rotatable bonds is 4. The van der Waals surface area contributed by atoms with Crippen molar-refractivity contribution in [1.29, 1.82) is 0 Å². The molecule has 0 spiro atoms. The summed E-state index contributed by atoms with van der Waals surface area (Å²) in [6.07, 6.45) is 1.75. The Labute approximate surface area is 117 Å². The highest BCUT2D eigenvalue weighted by atomic mass is 79.9. The molecule has 0 saturated heterocycles. The molecular formula is C13H10BrNO2S. The molecule has 0 aliphatic rings. The zero-order chi connectivity index (χ0) is 13.0. The van der Waals surface area contributed by atoms with Gasteiger partial charge < -0.3 is 5.11 Å². The molecule has 0 aliphatic carbocycles. The number of hydrogen-bond donors (Lipinski definition) is 1. The lowest BCUT2D eigenvalue weighted by Crippen LogP contribution is -1.96. The van der Waals surface area contributed by atoms with Gasteiger partial charge in [0.1, 0.15) is 0 Å². The van der Waals surface area contributed by atoms with Gasteiger partial charge >= 0.3 is 5.97 Å². The first-order chi connectivity index (χ1) is 8.65. The molecular weight excluding hydrogens is 314 g/mol. The van der Waals surface area contributed by atoms with Crippen molar-refractivity contribution in [2.24, 2.45) is 0 Å². The van der Waals surface area contributed by atoms with Gasteiger partial charge in [-0.05, 0) is 45.8 Å². The minimum atomic E-state index is -0.899. The monoisotopic (exact) mass is 323 g/mol. The Morgan fingerprint density at radius 3 is 2.83 bits per heavy atom. The number of pyridine rings is 1. The molecule has 0 atom stereocenters. The molecule has 1 heterocycles. The van der Waals surface area contributed by atoms with E-state index >= 15 is 0 Å². The fourth-order valence-electron chi connectivity index (χ4n) is 1.40. The van der Waals surface area contributed by atoms with E-state index < -0.39 is 5.97 Å². The summed E-state index contributed by atoms with van der Waals surface area (Å²) >= 11 is 4.91. The van der Waals surface area contributed by atoms with Crippen LogP contribution in [-0.4, -0.2) is 16.1 Å². The lowest BCUT2D eigenvalue weighted by molar-refractivity contribution is 0.0697. The highest BCUT2D eigenvalue weighted by molar-refractivity contribution is 9.10. The van der Waals surface area contributed by atoms with Crippen LogP contribution in [0.15, 0.2) is 52.1 Å². The van der Waals surface area contributed by atoms with Crippen LogP contribution in [0.3, 0.4) is 0 Å². The summed E-state index contributed by atoms with van der Waals surface area (Å²) < 4.78 is 0.944. The van der Waals surface area contributed by atoms with E-state index in [0.717, 1.165) is 15.1 Å². The fraction of sp³-hybridized carbons (Fsp3) is 0.0769. The third kappa shape index (κ3) is 3.58. The van der Waals surface area contributed by atoms with Crippen molar-refractivity contribution in [3.8, 4) is 0 Å². The molecule has 0 radical (unpaired) electrons. The Hall–Kier alpha value is -1.33. The topological polar surface area (TPSA) is 50.2 Å². The molecule has 1 N–H and O–H groups in total. The van der Waals surface area contributed by atoms with Crippen molar-refractivity contribution in [2.45, 2.75) is 10.8 Å². The summed E-state index contributed by atoms with van der Waals surface area (Å²) in [4.78, 5) is 15.1. The SMILES string of the molecule is O=C(O)c1cccc(CSc2ccc(Br)cn2)c1. The summed E-state index contributed by atoms with van der Waals surface area (Å²) in [5.41, 5.74) is 1.29. The third-order valence-electron chi connectivity index (χ3n) is 2.26. The lowest BCUT2D eigenvalue weighted by atomic mass is 10.1. The Morgan fingerprint density at radius 1 is 1.33 bits per heavy atom. The highest BCUT2D eigenvalue weighted by Gasteiger charge is 2.04. The minimum Gasteiger partial charge on any atom is -0.478 e. The molecule has 92 valence electrons. The van der Waals surface area contributed by atoms with Crippen molar-refractivity contribution in [3.05, 3.63) is 58.2 Å². The van der Waals surface area contributed by atoms with E-state index in [2.05, 4.69) is 20.9 Å². The van der Waals surface area contributed by atoms with Crippen molar-refractivity contribution in [3.63, 3.8) is 0 Å². The van der Waals surface area contributed by atoms with Gasteiger partial charge in [0, 0.05) is 16.4 Å².